The number of halogens is 1. The van der Waals surface area contributed by atoms with Gasteiger partial charge in [0.2, 0.25) is 0 Å². The van der Waals surface area contributed by atoms with E-state index in [1.165, 1.54) is 10.4 Å². The quantitative estimate of drug-likeness (QED) is 0.511. The lowest BCUT2D eigenvalue weighted by Gasteiger charge is -2.26. The van der Waals surface area contributed by atoms with Crippen LogP contribution < -0.4 is 0 Å². The highest BCUT2D eigenvalue weighted by atomic mass is 35.5. The van der Waals surface area contributed by atoms with Gasteiger partial charge in [-0.25, -0.2) is 9.67 Å². The first-order chi connectivity index (χ1) is 15.7. The smallest absolute Gasteiger partial charge is 0.181 e. The van der Waals surface area contributed by atoms with Gasteiger partial charge in [0.1, 0.15) is 0 Å². The number of nitrogens with zero attached hydrogens (tertiary/aromatic N) is 4. The number of thiophene rings is 1. The average Bonchev–Trinajstić information content (AvgIpc) is 3.37. The molecule has 5 rings (SSSR count). The third-order valence-electron chi connectivity index (χ3n) is 6.15. The summed E-state index contributed by atoms with van der Waals surface area (Å²) >= 11 is 8.26. The van der Waals surface area contributed by atoms with Crippen molar-refractivity contribution in [1.29, 1.82) is 0 Å². The van der Waals surface area contributed by atoms with Gasteiger partial charge < -0.3 is 9.47 Å². The number of hydrogen-bond acceptors (Lipinski definition) is 6. The van der Waals surface area contributed by atoms with E-state index in [1.54, 1.807) is 11.3 Å². The summed E-state index contributed by atoms with van der Waals surface area (Å²) in [6, 6.07) is 10.6. The van der Waals surface area contributed by atoms with Crippen LogP contribution in [0, 0.1) is 12.8 Å². The van der Waals surface area contributed by atoms with E-state index in [2.05, 4.69) is 40.8 Å². The maximum absolute atomic E-state index is 6.58. The fraction of sp³-hybridized carbons (Fsp3) is 0.500. The molecular weight excluding hydrogens is 444 g/mol. The largest absolute Gasteiger partial charge is 0.381 e. The minimum atomic E-state index is 0.546. The van der Waals surface area contributed by atoms with Crippen LogP contribution in [0.2, 0.25) is 5.02 Å². The SMILES string of the molecule is Cc1cc(Cl)c(-c2nc(-c3cccc(CN4CCOCC4)c3)nn2CC2CCOCC2)s1. The molecule has 2 aromatic heterocycles. The van der Waals surface area contributed by atoms with E-state index in [-0.39, 0.29) is 0 Å². The topological polar surface area (TPSA) is 52.4 Å². The Kier molecular flexibility index (Phi) is 6.90. The summed E-state index contributed by atoms with van der Waals surface area (Å²) in [5.41, 5.74) is 2.32. The normalized spacial score (nSPS) is 18.3. The minimum absolute atomic E-state index is 0.546. The second kappa shape index (κ2) is 10.0. The molecular formula is C24H29ClN4O2S. The van der Waals surface area contributed by atoms with Gasteiger partial charge in [-0.3, -0.25) is 4.90 Å². The lowest BCUT2D eigenvalue weighted by atomic mass is 10.0. The van der Waals surface area contributed by atoms with Gasteiger partial charge >= 0.3 is 0 Å². The number of aromatic nitrogens is 3. The Morgan fingerprint density at radius 3 is 2.62 bits per heavy atom. The lowest BCUT2D eigenvalue weighted by Crippen LogP contribution is -2.35. The van der Waals surface area contributed by atoms with Crippen molar-refractivity contribution in [1.82, 2.24) is 19.7 Å². The van der Waals surface area contributed by atoms with Gasteiger partial charge in [-0.15, -0.1) is 11.3 Å². The van der Waals surface area contributed by atoms with Crippen molar-refractivity contribution in [3.8, 4) is 22.1 Å². The van der Waals surface area contributed by atoms with Crippen LogP contribution >= 0.6 is 22.9 Å². The van der Waals surface area contributed by atoms with Gasteiger partial charge in [-0.05, 0) is 43.4 Å². The molecule has 1 aromatic carbocycles. The molecule has 4 heterocycles. The summed E-state index contributed by atoms with van der Waals surface area (Å²) in [7, 11) is 0. The van der Waals surface area contributed by atoms with Gasteiger partial charge in [0.15, 0.2) is 11.6 Å². The summed E-state index contributed by atoms with van der Waals surface area (Å²) in [5.74, 6) is 2.18. The first kappa shape index (κ1) is 22.0. The van der Waals surface area contributed by atoms with Gasteiger partial charge in [0.05, 0.1) is 23.1 Å². The lowest BCUT2D eigenvalue weighted by molar-refractivity contribution is 0.0342. The number of aryl methyl sites for hydroxylation is 1. The molecule has 2 saturated heterocycles. The van der Waals surface area contributed by atoms with Gasteiger partial charge in [-0.1, -0.05) is 29.8 Å². The zero-order chi connectivity index (χ0) is 21.9. The monoisotopic (exact) mass is 472 g/mol. The first-order valence-corrected chi connectivity index (χ1v) is 12.5. The van der Waals surface area contributed by atoms with Crippen LogP contribution in [0.4, 0.5) is 0 Å². The van der Waals surface area contributed by atoms with Crippen LogP contribution in [-0.2, 0) is 22.6 Å². The number of ether oxygens (including phenoxy) is 2. The molecule has 6 nitrogen and oxygen atoms in total. The Morgan fingerprint density at radius 2 is 1.88 bits per heavy atom. The number of morpholine rings is 1. The van der Waals surface area contributed by atoms with E-state index in [0.29, 0.717) is 5.92 Å². The van der Waals surface area contributed by atoms with Crippen molar-refractivity contribution in [2.45, 2.75) is 32.9 Å². The fourth-order valence-electron chi connectivity index (χ4n) is 4.40. The highest BCUT2D eigenvalue weighted by molar-refractivity contribution is 7.16. The molecule has 0 amide bonds. The van der Waals surface area contributed by atoms with Crippen LogP contribution in [0.1, 0.15) is 23.3 Å². The Balaban J connectivity index is 1.45. The van der Waals surface area contributed by atoms with E-state index in [1.807, 2.05) is 6.07 Å². The molecule has 2 aliphatic rings. The second-order valence-corrected chi connectivity index (χ2v) is 10.3. The highest BCUT2D eigenvalue weighted by Gasteiger charge is 2.22. The van der Waals surface area contributed by atoms with Crippen molar-refractivity contribution in [2.24, 2.45) is 5.92 Å². The van der Waals surface area contributed by atoms with Crippen molar-refractivity contribution < 1.29 is 9.47 Å². The summed E-state index contributed by atoms with van der Waals surface area (Å²) in [5, 5.41) is 5.72. The molecule has 32 heavy (non-hydrogen) atoms. The van der Waals surface area contributed by atoms with Crippen molar-refractivity contribution >= 4 is 22.9 Å². The van der Waals surface area contributed by atoms with E-state index >= 15 is 0 Å². The zero-order valence-electron chi connectivity index (χ0n) is 18.4. The van der Waals surface area contributed by atoms with E-state index in [0.717, 1.165) is 92.6 Å². The van der Waals surface area contributed by atoms with Crippen LogP contribution in [0.25, 0.3) is 22.1 Å². The predicted molar refractivity (Wildman–Crippen MR) is 128 cm³/mol. The Morgan fingerprint density at radius 1 is 1.09 bits per heavy atom. The molecule has 8 heteroatoms. The zero-order valence-corrected chi connectivity index (χ0v) is 20.0. The molecule has 0 unspecified atom stereocenters. The van der Waals surface area contributed by atoms with Crippen LogP contribution in [0.3, 0.4) is 0 Å². The Hall–Kier alpha value is -1.77. The summed E-state index contributed by atoms with van der Waals surface area (Å²) < 4.78 is 13.1. The van der Waals surface area contributed by atoms with Crippen molar-refractivity contribution in [2.75, 3.05) is 39.5 Å². The molecule has 0 saturated carbocycles. The number of benzene rings is 1. The van der Waals surface area contributed by atoms with Crippen molar-refractivity contribution in [3.63, 3.8) is 0 Å². The highest BCUT2D eigenvalue weighted by Crippen LogP contribution is 2.36. The molecule has 0 spiro atoms. The molecule has 0 bridgehead atoms. The Bertz CT molecular complexity index is 1050. The molecule has 3 aromatic rings. The number of hydrogen-bond donors (Lipinski definition) is 0. The molecule has 0 atom stereocenters. The molecule has 170 valence electrons. The summed E-state index contributed by atoms with van der Waals surface area (Å²) in [4.78, 5) is 9.60. The van der Waals surface area contributed by atoms with Crippen LogP contribution in [0.15, 0.2) is 30.3 Å². The molecule has 0 radical (unpaired) electrons. The molecule has 0 N–H and O–H groups in total. The van der Waals surface area contributed by atoms with Gasteiger partial charge in [-0.2, -0.15) is 5.10 Å². The molecule has 2 aliphatic heterocycles. The third-order valence-corrected chi connectivity index (χ3v) is 7.61. The molecule has 0 aliphatic carbocycles. The van der Waals surface area contributed by atoms with E-state index in [4.69, 9.17) is 31.2 Å². The first-order valence-electron chi connectivity index (χ1n) is 11.3. The molecule has 2 fully saturated rings. The fourth-order valence-corrected chi connectivity index (χ4v) is 5.72. The number of rotatable bonds is 6. The standard InChI is InChI=1S/C24H29ClN4O2S/c1-17-13-21(25)22(32-17)24-26-23(27-29(24)16-18-5-9-30-10-6-18)20-4-2-3-19(14-20)15-28-7-11-31-12-8-28/h2-4,13-14,18H,5-12,15-16H2,1H3. The van der Waals surface area contributed by atoms with Gasteiger partial charge in [0.25, 0.3) is 0 Å². The van der Waals surface area contributed by atoms with Gasteiger partial charge in [0, 0.05) is 49.8 Å². The van der Waals surface area contributed by atoms with Crippen LogP contribution in [0.5, 0.6) is 0 Å². The maximum Gasteiger partial charge on any atom is 0.181 e. The Labute approximate surface area is 198 Å². The van der Waals surface area contributed by atoms with E-state index in [9.17, 15) is 0 Å². The second-order valence-electron chi connectivity index (χ2n) is 8.62. The minimum Gasteiger partial charge on any atom is -0.381 e. The predicted octanol–water partition coefficient (Wildman–Crippen LogP) is 4.89. The third kappa shape index (κ3) is 5.07. The van der Waals surface area contributed by atoms with E-state index < -0.39 is 0 Å². The van der Waals surface area contributed by atoms with Crippen molar-refractivity contribution in [3.05, 3.63) is 45.8 Å². The summed E-state index contributed by atoms with van der Waals surface area (Å²) in [6.45, 7) is 9.05. The average molecular weight is 473 g/mol. The maximum atomic E-state index is 6.58. The summed E-state index contributed by atoms with van der Waals surface area (Å²) in [6.07, 6.45) is 2.11. The van der Waals surface area contributed by atoms with Crippen LogP contribution in [-0.4, -0.2) is 59.2 Å².